The van der Waals surface area contributed by atoms with Crippen LogP contribution in [0.15, 0.2) is 48.8 Å². The van der Waals surface area contributed by atoms with Crippen molar-refractivity contribution in [3.05, 3.63) is 65.5 Å². The Labute approximate surface area is 160 Å². The summed E-state index contributed by atoms with van der Waals surface area (Å²) < 4.78 is 7.51. The fourth-order valence-corrected chi connectivity index (χ4v) is 3.46. The summed E-state index contributed by atoms with van der Waals surface area (Å²) in [6, 6.07) is 11.0. The van der Waals surface area contributed by atoms with Crippen LogP contribution in [0.4, 0.5) is 0 Å². The summed E-state index contributed by atoms with van der Waals surface area (Å²) in [7, 11) is 0. The second-order valence-corrected chi connectivity index (χ2v) is 7.21. The van der Waals surface area contributed by atoms with Gasteiger partial charge in [0.15, 0.2) is 17.4 Å². The van der Waals surface area contributed by atoms with Crippen LogP contribution in [0.3, 0.4) is 0 Å². The molecule has 0 unspecified atom stereocenters. The lowest BCUT2D eigenvalue weighted by Gasteiger charge is -2.17. The van der Waals surface area contributed by atoms with E-state index in [-0.39, 0.29) is 11.9 Å². The van der Waals surface area contributed by atoms with Crippen LogP contribution in [0.1, 0.15) is 40.4 Å². The number of carbonyl (C=O) groups is 1. The van der Waals surface area contributed by atoms with Crippen LogP contribution in [0.5, 0.6) is 0 Å². The van der Waals surface area contributed by atoms with Crippen molar-refractivity contribution in [3.8, 4) is 0 Å². The van der Waals surface area contributed by atoms with Crippen LogP contribution in [0.25, 0.3) is 0 Å². The van der Waals surface area contributed by atoms with Gasteiger partial charge in [0.25, 0.3) is 6.04 Å². The molecule has 0 aliphatic carbocycles. The molecule has 0 spiro atoms. The highest BCUT2D eigenvalue weighted by Gasteiger charge is 2.33. The predicted octanol–water partition coefficient (Wildman–Crippen LogP) is 3.11. The quantitative estimate of drug-likeness (QED) is 0.483. The largest absolute Gasteiger partial charge is 0.376 e. The first-order valence-corrected chi connectivity index (χ1v) is 9.43. The lowest BCUT2D eigenvalue weighted by atomic mass is 9.99. The highest BCUT2D eigenvalue weighted by atomic mass is 32.1. The van der Waals surface area contributed by atoms with E-state index in [1.807, 2.05) is 67.2 Å². The van der Waals surface area contributed by atoms with Gasteiger partial charge >= 0.3 is 0 Å². The molecular weight excluding hydrogens is 344 g/mol. The Balaban J connectivity index is 1.83. The van der Waals surface area contributed by atoms with Gasteiger partial charge in [0.05, 0.1) is 6.10 Å². The highest BCUT2D eigenvalue weighted by Crippen LogP contribution is 2.16. The second-order valence-electron chi connectivity index (χ2n) is 6.77. The highest BCUT2D eigenvalue weighted by molar-refractivity contribution is 7.80. The number of hydrogen-bond donors (Lipinski definition) is 1. The van der Waals surface area contributed by atoms with Crippen molar-refractivity contribution in [2.24, 2.45) is 0 Å². The van der Waals surface area contributed by atoms with E-state index in [1.165, 1.54) is 5.56 Å². The summed E-state index contributed by atoms with van der Waals surface area (Å²) in [6.07, 6.45) is 6.04. The van der Waals surface area contributed by atoms with Gasteiger partial charge in [0.1, 0.15) is 0 Å². The molecule has 0 saturated carbocycles. The van der Waals surface area contributed by atoms with Gasteiger partial charge in [-0.1, -0.05) is 30.4 Å². The summed E-state index contributed by atoms with van der Waals surface area (Å²) in [5.41, 5.74) is 2.95. The predicted molar refractivity (Wildman–Crippen MR) is 105 cm³/mol. The maximum Gasteiger partial charge on any atom is 0.270 e. The number of aromatic nitrogens is 1. The minimum atomic E-state index is -0.560. The summed E-state index contributed by atoms with van der Waals surface area (Å²) in [5, 5.41) is 3.26. The number of hydrogen-bond acceptors (Lipinski definition) is 3. The maximum atomic E-state index is 13.3. The Kier molecular flexibility index (Phi) is 6.12. The van der Waals surface area contributed by atoms with Crippen LogP contribution in [0, 0.1) is 13.8 Å². The SMILES string of the molecule is Cc1ccc(C(=O)[C@H](C(=S)NC[C@@H]2CCCO2)[n+]2ccccc2)cc1C. The topological polar surface area (TPSA) is 42.2 Å². The Hall–Kier alpha value is -2.11. The molecule has 1 aliphatic heterocycles. The number of nitrogens with zero attached hydrogens (tertiary/aromatic N) is 1. The van der Waals surface area contributed by atoms with E-state index < -0.39 is 6.04 Å². The molecule has 2 aromatic rings. The average Bonchev–Trinajstić information content (AvgIpc) is 3.17. The molecule has 4 nitrogen and oxygen atoms in total. The number of pyridine rings is 1. The molecule has 0 amide bonds. The van der Waals surface area contributed by atoms with Crippen molar-refractivity contribution >= 4 is 23.0 Å². The molecule has 1 aromatic heterocycles. The van der Waals surface area contributed by atoms with Gasteiger partial charge in [-0.2, -0.15) is 4.57 Å². The smallest absolute Gasteiger partial charge is 0.270 e. The molecule has 1 aliphatic rings. The van der Waals surface area contributed by atoms with E-state index in [1.54, 1.807) is 0 Å². The molecule has 2 atom stereocenters. The maximum absolute atomic E-state index is 13.3. The van der Waals surface area contributed by atoms with Crippen molar-refractivity contribution in [1.82, 2.24) is 5.32 Å². The zero-order valence-electron chi connectivity index (χ0n) is 15.3. The van der Waals surface area contributed by atoms with Gasteiger partial charge in [-0.3, -0.25) is 4.79 Å². The Bertz CT molecular complexity index is 786. The minimum absolute atomic E-state index is 0.00543. The van der Waals surface area contributed by atoms with Crippen molar-refractivity contribution in [1.29, 1.82) is 0 Å². The van der Waals surface area contributed by atoms with Gasteiger partial charge in [-0.15, -0.1) is 0 Å². The summed E-state index contributed by atoms with van der Waals surface area (Å²) in [6.45, 7) is 5.51. The van der Waals surface area contributed by atoms with Gasteiger partial charge in [-0.25, -0.2) is 0 Å². The van der Waals surface area contributed by atoms with Crippen molar-refractivity contribution in [2.75, 3.05) is 13.2 Å². The molecule has 3 rings (SSSR count). The number of ketones is 1. The molecule has 1 saturated heterocycles. The van der Waals surface area contributed by atoms with Crippen molar-refractivity contribution in [2.45, 2.75) is 38.8 Å². The monoisotopic (exact) mass is 369 g/mol. The molecule has 1 aromatic carbocycles. The van der Waals surface area contributed by atoms with Gasteiger partial charge in [0, 0.05) is 30.8 Å². The van der Waals surface area contributed by atoms with Crippen LogP contribution in [-0.4, -0.2) is 30.0 Å². The van der Waals surface area contributed by atoms with E-state index in [4.69, 9.17) is 17.0 Å². The molecule has 2 heterocycles. The fourth-order valence-electron chi connectivity index (χ4n) is 3.14. The number of aryl methyl sites for hydroxylation is 2. The van der Waals surface area contributed by atoms with E-state index >= 15 is 0 Å². The van der Waals surface area contributed by atoms with E-state index in [0.717, 1.165) is 25.0 Å². The number of nitrogens with one attached hydrogen (secondary N) is 1. The molecule has 1 fully saturated rings. The first-order valence-electron chi connectivity index (χ1n) is 9.03. The zero-order chi connectivity index (χ0) is 18.5. The zero-order valence-corrected chi connectivity index (χ0v) is 16.1. The second kappa shape index (κ2) is 8.52. The molecule has 26 heavy (non-hydrogen) atoms. The standard InChI is InChI=1S/C21H24N2O2S/c1-15-8-9-17(13-16(15)2)20(24)19(23-10-4-3-5-11-23)21(26)22-14-18-7-6-12-25-18/h3-5,8-11,13,18-19H,6-7,12,14H2,1-2H3/p+1/t18-,19+/m0/s1. The number of thiocarbonyl (C=S) groups is 1. The first kappa shape index (κ1) is 18.7. The summed E-state index contributed by atoms with van der Waals surface area (Å²) >= 11 is 5.62. The molecule has 136 valence electrons. The number of ether oxygens (including phenoxy) is 1. The fraction of sp³-hybridized carbons (Fsp3) is 0.381. The van der Waals surface area contributed by atoms with Gasteiger partial charge < -0.3 is 10.1 Å². The Morgan fingerprint density at radius 2 is 2.04 bits per heavy atom. The van der Waals surface area contributed by atoms with Crippen molar-refractivity contribution in [3.63, 3.8) is 0 Å². The van der Waals surface area contributed by atoms with Crippen molar-refractivity contribution < 1.29 is 14.1 Å². The van der Waals surface area contributed by atoms with E-state index in [0.29, 0.717) is 17.1 Å². The third kappa shape index (κ3) is 4.34. The average molecular weight is 370 g/mol. The number of rotatable bonds is 6. The minimum Gasteiger partial charge on any atom is -0.376 e. The third-order valence-electron chi connectivity index (χ3n) is 4.85. The normalized spacial score (nSPS) is 17.7. The van der Waals surface area contributed by atoms with Gasteiger partial charge in [0.2, 0.25) is 5.78 Å². The van der Waals surface area contributed by atoms with Crippen LogP contribution >= 0.6 is 12.2 Å². The van der Waals surface area contributed by atoms with Crippen LogP contribution < -0.4 is 9.88 Å². The Morgan fingerprint density at radius 1 is 1.27 bits per heavy atom. The number of Topliss-reactive ketones (excluding diaryl/α,β-unsaturated/α-hetero) is 1. The molecule has 0 radical (unpaired) electrons. The molecule has 0 bridgehead atoms. The number of benzene rings is 1. The summed E-state index contributed by atoms with van der Waals surface area (Å²) in [5.74, 6) is -0.00543. The summed E-state index contributed by atoms with van der Waals surface area (Å²) in [4.78, 5) is 13.8. The van der Waals surface area contributed by atoms with Crippen LogP contribution in [0.2, 0.25) is 0 Å². The first-order chi connectivity index (χ1) is 12.6. The van der Waals surface area contributed by atoms with Crippen LogP contribution in [-0.2, 0) is 4.74 Å². The Morgan fingerprint density at radius 3 is 2.69 bits per heavy atom. The number of carbonyl (C=O) groups excluding carboxylic acids is 1. The third-order valence-corrected chi connectivity index (χ3v) is 5.22. The molecule has 1 N–H and O–H groups in total. The molecular formula is C21H25N2O2S+. The lowest BCUT2D eigenvalue weighted by Crippen LogP contribution is -2.52. The van der Waals surface area contributed by atoms with Gasteiger partial charge in [-0.05, 0) is 43.9 Å². The lowest BCUT2D eigenvalue weighted by molar-refractivity contribution is -0.692. The van der Waals surface area contributed by atoms with E-state index in [9.17, 15) is 4.79 Å². The van der Waals surface area contributed by atoms with E-state index in [2.05, 4.69) is 5.32 Å². The molecule has 5 heteroatoms.